The normalized spacial score (nSPS) is 10.9. The van der Waals surface area contributed by atoms with E-state index in [0.29, 0.717) is 23.7 Å². The van der Waals surface area contributed by atoms with Gasteiger partial charge in [0, 0.05) is 31.2 Å². The number of imidazole rings is 1. The number of rotatable bonds is 4. The Morgan fingerprint density at radius 1 is 1.35 bits per heavy atom. The van der Waals surface area contributed by atoms with Crippen LogP contribution < -0.4 is 0 Å². The summed E-state index contributed by atoms with van der Waals surface area (Å²) in [7, 11) is 1.87. The SMILES string of the molecule is CCOC(=O)c1cn(C)c(Cc2ccc3ncc(Cl)cc3c2)n1. The third-order valence-electron chi connectivity index (χ3n) is 3.53. The van der Waals surface area contributed by atoms with Crippen molar-refractivity contribution in [1.29, 1.82) is 0 Å². The molecule has 0 aliphatic carbocycles. The first-order valence-corrected chi connectivity index (χ1v) is 7.68. The van der Waals surface area contributed by atoms with E-state index in [1.165, 1.54) is 0 Å². The van der Waals surface area contributed by atoms with Crippen LogP contribution in [0.2, 0.25) is 5.02 Å². The molecule has 3 rings (SSSR count). The van der Waals surface area contributed by atoms with Gasteiger partial charge in [-0.3, -0.25) is 4.98 Å². The molecule has 0 aliphatic heterocycles. The molecule has 1 aromatic carbocycles. The molecule has 0 N–H and O–H groups in total. The summed E-state index contributed by atoms with van der Waals surface area (Å²) in [6.45, 7) is 2.11. The third kappa shape index (κ3) is 3.35. The molecule has 118 valence electrons. The Labute approximate surface area is 138 Å². The molecule has 2 heterocycles. The summed E-state index contributed by atoms with van der Waals surface area (Å²) in [6.07, 6.45) is 3.93. The van der Waals surface area contributed by atoms with E-state index >= 15 is 0 Å². The number of aromatic nitrogens is 3. The highest BCUT2D eigenvalue weighted by Crippen LogP contribution is 2.20. The number of carbonyl (C=O) groups excluding carboxylic acids is 1. The summed E-state index contributed by atoms with van der Waals surface area (Å²) >= 11 is 5.99. The standard InChI is InChI=1S/C17H16ClN3O2/c1-3-23-17(22)15-10-21(2)16(20-15)7-11-4-5-14-12(6-11)8-13(18)9-19-14/h4-6,8-10H,3,7H2,1-2H3. The summed E-state index contributed by atoms with van der Waals surface area (Å²) in [5.74, 6) is 0.395. The second-order valence-electron chi connectivity index (χ2n) is 5.23. The van der Waals surface area contributed by atoms with E-state index in [1.54, 1.807) is 19.3 Å². The predicted octanol–water partition coefficient (Wildman–Crippen LogP) is 3.39. The number of fused-ring (bicyclic) bond motifs is 1. The molecule has 0 aliphatic rings. The summed E-state index contributed by atoms with van der Waals surface area (Å²) in [4.78, 5) is 20.4. The van der Waals surface area contributed by atoms with Crippen LogP contribution in [0.3, 0.4) is 0 Å². The van der Waals surface area contributed by atoms with Crippen molar-refractivity contribution in [3.8, 4) is 0 Å². The van der Waals surface area contributed by atoms with E-state index in [9.17, 15) is 4.79 Å². The van der Waals surface area contributed by atoms with Crippen molar-refractivity contribution in [3.05, 3.63) is 58.8 Å². The highest BCUT2D eigenvalue weighted by Gasteiger charge is 2.14. The molecular weight excluding hydrogens is 314 g/mol. The van der Waals surface area contributed by atoms with E-state index in [-0.39, 0.29) is 0 Å². The summed E-state index contributed by atoms with van der Waals surface area (Å²) < 4.78 is 6.82. The van der Waals surface area contributed by atoms with Gasteiger partial charge < -0.3 is 9.30 Å². The Hall–Kier alpha value is -2.40. The first-order chi connectivity index (χ1) is 11.1. The zero-order valence-electron chi connectivity index (χ0n) is 12.9. The van der Waals surface area contributed by atoms with Gasteiger partial charge >= 0.3 is 5.97 Å². The topological polar surface area (TPSA) is 57.0 Å². The maximum Gasteiger partial charge on any atom is 0.358 e. The highest BCUT2D eigenvalue weighted by atomic mass is 35.5. The van der Waals surface area contributed by atoms with Crippen molar-refractivity contribution in [2.24, 2.45) is 7.05 Å². The fraction of sp³-hybridized carbons (Fsp3) is 0.235. The summed E-state index contributed by atoms with van der Waals surface area (Å²) in [5.41, 5.74) is 2.30. The van der Waals surface area contributed by atoms with Gasteiger partial charge in [-0.2, -0.15) is 0 Å². The van der Waals surface area contributed by atoms with Crippen LogP contribution in [-0.4, -0.2) is 27.1 Å². The molecule has 0 radical (unpaired) electrons. The van der Waals surface area contributed by atoms with Crippen LogP contribution in [0.5, 0.6) is 0 Å². The number of benzene rings is 1. The smallest absolute Gasteiger partial charge is 0.358 e. The van der Waals surface area contributed by atoms with Crippen LogP contribution in [0.1, 0.15) is 28.8 Å². The first kappa shape index (κ1) is 15.5. The fourth-order valence-electron chi connectivity index (χ4n) is 2.42. The minimum Gasteiger partial charge on any atom is -0.461 e. The van der Waals surface area contributed by atoms with E-state index in [0.717, 1.165) is 22.3 Å². The van der Waals surface area contributed by atoms with Crippen molar-refractivity contribution in [3.63, 3.8) is 0 Å². The zero-order valence-corrected chi connectivity index (χ0v) is 13.7. The lowest BCUT2D eigenvalue weighted by molar-refractivity contribution is 0.0520. The third-order valence-corrected chi connectivity index (χ3v) is 3.74. The van der Waals surface area contributed by atoms with Crippen LogP contribution in [0, 0.1) is 0 Å². The highest BCUT2D eigenvalue weighted by molar-refractivity contribution is 6.31. The Morgan fingerprint density at radius 2 is 2.17 bits per heavy atom. The minimum absolute atomic E-state index is 0.329. The summed E-state index contributed by atoms with van der Waals surface area (Å²) in [6, 6.07) is 7.88. The molecule has 0 atom stereocenters. The van der Waals surface area contributed by atoms with Crippen LogP contribution in [0.4, 0.5) is 0 Å². The molecule has 6 heteroatoms. The number of hydrogen-bond acceptors (Lipinski definition) is 4. The van der Waals surface area contributed by atoms with Crippen molar-refractivity contribution in [1.82, 2.24) is 14.5 Å². The predicted molar refractivity (Wildman–Crippen MR) is 88.7 cm³/mol. The molecule has 0 fully saturated rings. The maximum atomic E-state index is 11.8. The number of halogens is 1. The average Bonchev–Trinajstić information content (AvgIpc) is 2.88. The second kappa shape index (κ2) is 6.38. The van der Waals surface area contributed by atoms with Crippen LogP contribution in [0.25, 0.3) is 10.9 Å². The molecule has 2 aromatic heterocycles. The number of carbonyl (C=O) groups is 1. The van der Waals surface area contributed by atoms with E-state index in [1.807, 2.05) is 35.9 Å². The minimum atomic E-state index is -0.399. The van der Waals surface area contributed by atoms with Crippen molar-refractivity contribution >= 4 is 28.5 Å². The number of aryl methyl sites for hydroxylation is 1. The van der Waals surface area contributed by atoms with Crippen molar-refractivity contribution < 1.29 is 9.53 Å². The Bertz CT molecular complexity index is 873. The Kier molecular flexibility index (Phi) is 4.30. The molecule has 0 bridgehead atoms. The number of hydrogen-bond donors (Lipinski definition) is 0. The lowest BCUT2D eigenvalue weighted by Gasteiger charge is -2.04. The molecule has 0 amide bonds. The van der Waals surface area contributed by atoms with Crippen molar-refractivity contribution in [2.45, 2.75) is 13.3 Å². The zero-order chi connectivity index (χ0) is 16.4. The fourth-order valence-corrected chi connectivity index (χ4v) is 2.59. The molecule has 0 spiro atoms. The van der Waals surface area contributed by atoms with E-state index < -0.39 is 5.97 Å². The van der Waals surface area contributed by atoms with Gasteiger partial charge in [0.2, 0.25) is 0 Å². The van der Waals surface area contributed by atoms with E-state index in [4.69, 9.17) is 16.3 Å². The molecule has 0 saturated heterocycles. The monoisotopic (exact) mass is 329 g/mol. The van der Waals surface area contributed by atoms with Gasteiger partial charge in [-0.05, 0) is 30.7 Å². The largest absolute Gasteiger partial charge is 0.461 e. The van der Waals surface area contributed by atoms with Gasteiger partial charge in [0.15, 0.2) is 5.69 Å². The quantitative estimate of drug-likeness (QED) is 0.688. The molecular formula is C17H16ClN3O2. The van der Waals surface area contributed by atoms with E-state index in [2.05, 4.69) is 9.97 Å². The van der Waals surface area contributed by atoms with Crippen LogP contribution in [-0.2, 0) is 18.2 Å². The maximum absolute atomic E-state index is 11.8. The Balaban J connectivity index is 1.88. The van der Waals surface area contributed by atoms with Gasteiger partial charge in [0.25, 0.3) is 0 Å². The Morgan fingerprint density at radius 3 is 2.96 bits per heavy atom. The average molecular weight is 330 g/mol. The van der Waals surface area contributed by atoms with Gasteiger partial charge in [-0.25, -0.2) is 9.78 Å². The molecule has 0 saturated carbocycles. The number of nitrogens with zero attached hydrogens (tertiary/aromatic N) is 3. The lowest BCUT2D eigenvalue weighted by atomic mass is 10.1. The van der Waals surface area contributed by atoms with Gasteiger partial charge in [0.05, 0.1) is 17.1 Å². The lowest BCUT2D eigenvalue weighted by Crippen LogP contribution is -2.05. The number of esters is 1. The number of ether oxygens (including phenoxy) is 1. The summed E-state index contributed by atoms with van der Waals surface area (Å²) in [5, 5.41) is 1.59. The van der Waals surface area contributed by atoms with Gasteiger partial charge in [-0.1, -0.05) is 17.7 Å². The second-order valence-corrected chi connectivity index (χ2v) is 5.67. The van der Waals surface area contributed by atoms with Crippen LogP contribution >= 0.6 is 11.6 Å². The number of pyridine rings is 1. The van der Waals surface area contributed by atoms with Gasteiger partial charge in [0.1, 0.15) is 5.82 Å². The molecule has 0 unspecified atom stereocenters. The molecule has 23 heavy (non-hydrogen) atoms. The van der Waals surface area contributed by atoms with Gasteiger partial charge in [-0.15, -0.1) is 0 Å². The molecule has 3 aromatic rings. The van der Waals surface area contributed by atoms with Crippen molar-refractivity contribution in [2.75, 3.05) is 6.61 Å². The van der Waals surface area contributed by atoms with Crippen LogP contribution in [0.15, 0.2) is 36.7 Å². The molecule has 5 nitrogen and oxygen atoms in total. The first-order valence-electron chi connectivity index (χ1n) is 7.30.